The number of ether oxygens (including phenoxy) is 2. The van der Waals surface area contributed by atoms with E-state index in [-0.39, 0.29) is 30.8 Å². The van der Waals surface area contributed by atoms with Gasteiger partial charge in [0.1, 0.15) is 5.75 Å². The highest BCUT2D eigenvalue weighted by atomic mass is 16.5. The Hall–Kier alpha value is -2.04. The number of esters is 1. The third-order valence-corrected chi connectivity index (χ3v) is 2.63. The number of hydrogen-bond acceptors (Lipinski definition) is 4. The molecular formula is C14H19NO4. The standard InChI is InChI=1S/C14H19NO4/c1-10(8-14(17)19-3)15-13(16)9-11-4-6-12(18-2)7-5-11/h4-7,10H,8-9H2,1-3H3,(H,15,16). The van der Waals surface area contributed by atoms with Crippen molar-refractivity contribution in [3.8, 4) is 5.75 Å². The van der Waals surface area contributed by atoms with Crippen LogP contribution in [0, 0.1) is 0 Å². The molecule has 19 heavy (non-hydrogen) atoms. The van der Waals surface area contributed by atoms with Crippen LogP contribution in [-0.4, -0.2) is 32.1 Å². The van der Waals surface area contributed by atoms with E-state index < -0.39 is 0 Å². The maximum atomic E-state index is 11.8. The fourth-order valence-corrected chi connectivity index (χ4v) is 1.64. The quantitative estimate of drug-likeness (QED) is 0.788. The monoisotopic (exact) mass is 265 g/mol. The molecule has 0 spiro atoms. The zero-order valence-corrected chi connectivity index (χ0v) is 11.4. The van der Waals surface area contributed by atoms with Crippen LogP contribution in [0.5, 0.6) is 5.75 Å². The van der Waals surface area contributed by atoms with Crippen molar-refractivity contribution in [2.24, 2.45) is 0 Å². The summed E-state index contributed by atoms with van der Waals surface area (Å²) in [5.41, 5.74) is 0.892. The Balaban J connectivity index is 2.43. The SMILES string of the molecule is COC(=O)CC(C)NC(=O)Cc1ccc(OC)cc1. The van der Waals surface area contributed by atoms with Crippen molar-refractivity contribution >= 4 is 11.9 Å². The van der Waals surface area contributed by atoms with Crippen LogP contribution in [0.15, 0.2) is 24.3 Å². The zero-order valence-electron chi connectivity index (χ0n) is 11.4. The Morgan fingerprint density at radius 2 is 1.84 bits per heavy atom. The second-order valence-corrected chi connectivity index (χ2v) is 4.27. The third-order valence-electron chi connectivity index (χ3n) is 2.63. The summed E-state index contributed by atoms with van der Waals surface area (Å²) in [6.07, 6.45) is 0.445. The largest absolute Gasteiger partial charge is 0.497 e. The fourth-order valence-electron chi connectivity index (χ4n) is 1.64. The van der Waals surface area contributed by atoms with Gasteiger partial charge in [0.15, 0.2) is 0 Å². The minimum absolute atomic E-state index is 0.124. The van der Waals surface area contributed by atoms with Gasteiger partial charge in [0.25, 0.3) is 0 Å². The summed E-state index contributed by atoms with van der Waals surface area (Å²) in [6.45, 7) is 1.77. The summed E-state index contributed by atoms with van der Waals surface area (Å²) in [7, 11) is 2.92. The first-order valence-corrected chi connectivity index (χ1v) is 6.04. The number of carbonyl (C=O) groups is 2. The molecule has 5 heteroatoms. The molecule has 5 nitrogen and oxygen atoms in total. The van der Waals surface area contributed by atoms with Crippen molar-refractivity contribution in [3.05, 3.63) is 29.8 Å². The van der Waals surface area contributed by atoms with E-state index in [0.29, 0.717) is 0 Å². The molecule has 1 aromatic rings. The van der Waals surface area contributed by atoms with Gasteiger partial charge in [0, 0.05) is 6.04 Å². The van der Waals surface area contributed by atoms with Crippen LogP contribution in [-0.2, 0) is 20.7 Å². The topological polar surface area (TPSA) is 64.6 Å². The minimum atomic E-state index is -0.336. The van der Waals surface area contributed by atoms with Crippen LogP contribution in [0.1, 0.15) is 18.9 Å². The van der Waals surface area contributed by atoms with Crippen LogP contribution in [0.4, 0.5) is 0 Å². The number of amides is 1. The molecule has 0 aliphatic carbocycles. The molecule has 1 rings (SSSR count). The second-order valence-electron chi connectivity index (χ2n) is 4.27. The van der Waals surface area contributed by atoms with Gasteiger partial charge in [-0.1, -0.05) is 12.1 Å². The summed E-state index contributed by atoms with van der Waals surface area (Å²) in [5, 5.41) is 2.75. The van der Waals surface area contributed by atoms with Gasteiger partial charge in [0.2, 0.25) is 5.91 Å². The number of hydrogen-bond donors (Lipinski definition) is 1. The molecule has 1 atom stereocenters. The number of rotatable bonds is 6. The van der Waals surface area contributed by atoms with Gasteiger partial charge in [-0.05, 0) is 24.6 Å². The average Bonchev–Trinajstić information content (AvgIpc) is 2.39. The number of carbonyl (C=O) groups excluding carboxylic acids is 2. The first-order valence-electron chi connectivity index (χ1n) is 6.04. The lowest BCUT2D eigenvalue weighted by Crippen LogP contribution is -2.35. The molecule has 0 aliphatic heterocycles. The Morgan fingerprint density at radius 3 is 2.37 bits per heavy atom. The first-order chi connectivity index (χ1) is 9.05. The molecule has 0 fully saturated rings. The molecule has 0 heterocycles. The molecular weight excluding hydrogens is 246 g/mol. The molecule has 0 saturated carbocycles. The van der Waals surface area contributed by atoms with Gasteiger partial charge >= 0.3 is 5.97 Å². The van der Waals surface area contributed by atoms with Crippen LogP contribution in [0.2, 0.25) is 0 Å². The summed E-state index contributed by atoms with van der Waals surface area (Å²) in [5.74, 6) is 0.294. The van der Waals surface area contributed by atoms with Gasteiger partial charge < -0.3 is 14.8 Å². The Kier molecular flexibility index (Phi) is 5.85. The molecule has 0 aliphatic rings. The van der Waals surface area contributed by atoms with E-state index in [1.165, 1.54) is 7.11 Å². The summed E-state index contributed by atoms with van der Waals surface area (Å²) < 4.78 is 9.58. The van der Waals surface area contributed by atoms with Crippen molar-refractivity contribution in [1.29, 1.82) is 0 Å². The minimum Gasteiger partial charge on any atom is -0.497 e. The Bertz CT molecular complexity index is 428. The van der Waals surface area contributed by atoms with Crippen molar-refractivity contribution < 1.29 is 19.1 Å². The fraction of sp³-hybridized carbons (Fsp3) is 0.429. The Morgan fingerprint density at radius 1 is 1.21 bits per heavy atom. The van der Waals surface area contributed by atoms with E-state index in [4.69, 9.17) is 4.74 Å². The van der Waals surface area contributed by atoms with Crippen LogP contribution in [0.25, 0.3) is 0 Å². The summed E-state index contributed by atoms with van der Waals surface area (Å²) in [4.78, 5) is 22.8. The van der Waals surface area contributed by atoms with Crippen molar-refractivity contribution in [3.63, 3.8) is 0 Å². The van der Waals surface area contributed by atoms with E-state index in [1.807, 2.05) is 12.1 Å². The summed E-state index contributed by atoms with van der Waals surface area (Å²) >= 11 is 0. The predicted octanol–water partition coefficient (Wildman–Crippen LogP) is 1.31. The number of methoxy groups -OCH3 is 2. The predicted molar refractivity (Wildman–Crippen MR) is 70.9 cm³/mol. The van der Waals surface area contributed by atoms with Gasteiger partial charge in [-0.2, -0.15) is 0 Å². The molecule has 1 unspecified atom stereocenters. The van der Waals surface area contributed by atoms with Crippen molar-refractivity contribution in [1.82, 2.24) is 5.32 Å². The molecule has 0 aromatic heterocycles. The second kappa shape index (κ2) is 7.41. The Labute approximate surface area is 112 Å². The molecule has 1 N–H and O–H groups in total. The third kappa shape index (κ3) is 5.42. The van der Waals surface area contributed by atoms with Crippen LogP contribution < -0.4 is 10.1 Å². The van der Waals surface area contributed by atoms with Crippen LogP contribution >= 0.6 is 0 Å². The highest BCUT2D eigenvalue weighted by Gasteiger charge is 2.12. The number of benzene rings is 1. The van der Waals surface area contributed by atoms with Gasteiger partial charge in [0.05, 0.1) is 27.1 Å². The molecule has 1 amide bonds. The van der Waals surface area contributed by atoms with E-state index >= 15 is 0 Å². The highest BCUT2D eigenvalue weighted by Crippen LogP contribution is 2.11. The first kappa shape index (κ1) is 15.0. The summed E-state index contributed by atoms with van der Waals surface area (Å²) in [6, 6.07) is 7.05. The van der Waals surface area contributed by atoms with Crippen molar-refractivity contribution in [2.75, 3.05) is 14.2 Å². The van der Waals surface area contributed by atoms with Crippen molar-refractivity contribution in [2.45, 2.75) is 25.8 Å². The normalized spacial score (nSPS) is 11.5. The smallest absolute Gasteiger partial charge is 0.307 e. The highest BCUT2D eigenvalue weighted by molar-refractivity contribution is 5.79. The lowest BCUT2D eigenvalue weighted by atomic mass is 10.1. The lowest BCUT2D eigenvalue weighted by molar-refractivity contribution is -0.141. The van der Waals surface area contributed by atoms with Crippen LogP contribution in [0.3, 0.4) is 0 Å². The zero-order chi connectivity index (χ0) is 14.3. The van der Waals surface area contributed by atoms with E-state index in [9.17, 15) is 9.59 Å². The maximum absolute atomic E-state index is 11.8. The lowest BCUT2D eigenvalue weighted by Gasteiger charge is -2.12. The number of nitrogens with one attached hydrogen (secondary N) is 1. The molecule has 0 radical (unpaired) electrons. The van der Waals surface area contributed by atoms with E-state index in [0.717, 1.165) is 11.3 Å². The average molecular weight is 265 g/mol. The molecule has 104 valence electrons. The van der Waals surface area contributed by atoms with Gasteiger partial charge in [-0.15, -0.1) is 0 Å². The van der Waals surface area contributed by atoms with E-state index in [2.05, 4.69) is 10.1 Å². The van der Waals surface area contributed by atoms with Gasteiger partial charge in [-0.3, -0.25) is 9.59 Å². The van der Waals surface area contributed by atoms with Gasteiger partial charge in [-0.25, -0.2) is 0 Å². The molecule has 0 bridgehead atoms. The maximum Gasteiger partial charge on any atom is 0.307 e. The molecule has 0 saturated heterocycles. The molecule has 1 aromatic carbocycles. The van der Waals surface area contributed by atoms with E-state index in [1.54, 1.807) is 26.2 Å².